The van der Waals surface area contributed by atoms with E-state index in [1.807, 2.05) is 4.90 Å². The summed E-state index contributed by atoms with van der Waals surface area (Å²) in [5.41, 5.74) is 5.51. The molecule has 2 rings (SSSR count). The van der Waals surface area contributed by atoms with Gasteiger partial charge in [0.2, 0.25) is 0 Å². The Morgan fingerprint density at radius 3 is 2.59 bits per heavy atom. The maximum atomic E-state index is 13.0. The second-order valence-electron chi connectivity index (χ2n) is 5.40. The first-order chi connectivity index (χ1) is 9.95. The minimum Gasteiger partial charge on any atom is -0.381 e. The van der Waals surface area contributed by atoms with Gasteiger partial charge in [-0.1, -0.05) is 18.2 Å². The summed E-state index contributed by atoms with van der Waals surface area (Å²) in [5, 5.41) is 0. The van der Waals surface area contributed by atoms with Crippen LogP contribution in [0.2, 0.25) is 0 Å². The molecule has 0 bridgehead atoms. The summed E-state index contributed by atoms with van der Waals surface area (Å²) in [6, 6.07) is 5.80. The first kappa shape index (κ1) is 19.2. The van der Waals surface area contributed by atoms with Crippen molar-refractivity contribution in [2.75, 3.05) is 20.2 Å². The van der Waals surface area contributed by atoms with E-state index in [0.717, 1.165) is 18.9 Å². The Balaban J connectivity index is 0.00000242. The molecule has 0 aliphatic carbocycles. The topological polar surface area (TPSA) is 38.5 Å². The first-order valence-corrected chi connectivity index (χ1v) is 7.07. The molecule has 1 aliphatic rings. The van der Waals surface area contributed by atoms with E-state index in [1.54, 1.807) is 19.2 Å². The van der Waals surface area contributed by atoms with Gasteiger partial charge in [0.1, 0.15) is 0 Å². The summed E-state index contributed by atoms with van der Waals surface area (Å²) in [4.78, 5) is 2.03. The summed E-state index contributed by atoms with van der Waals surface area (Å²) >= 11 is 0. The van der Waals surface area contributed by atoms with Crippen molar-refractivity contribution in [2.45, 2.75) is 37.7 Å². The van der Waals surface area contributed by atoms with Crippen molar-refractivity contribution in [2.24, 2.45) is 5.73 Å². The average molecular weight is 339 g/mol. The Morgan fingerprint density at radius 1 is 1.32 bits per heavy atom. The van der Waals surface area contributed by atoms with E-state index < -0.39 is 11.7 Å². The SMILES string of the molecule is COC1CCN(Cc2ccccc2C(F)(F)F)C(CN)C1.Cl. The number of likely N-dealkylation sites (tertiary alicyclic amines) is 1. The van der Waals surface area contributed by atoms with Crippen LogP contribution in [-0.4, -0.2) is 37.2 Å². The molecule has 3 nitrogen and oxygen atoms in total. The Labute approximate surface area is 135 Å². The molecule has 0 aromatic heterocycles. The Bertz CT molecular complexity index is 470. The number of rotatable bonds is 4. The number of hydrogen-bond donors (Lipinski definition) is 1. The van der Waals surface area contributed by atoms with Gasteiger partial charge in [-0.25, -0.2) is 0 Å². The fourth-order valence-electron chi connectivity index (χ4n) is 2.88. The largest absolute Gasteiger partial charge is 0.416 e. The minimum atomic E-state index is -4.32. The molecule has 2 N–H and O–H groups in total. The number of halogens is 4. The molecular weight excluding hydrogens is 317 g/mol. The lowest BCUT2D eigenvalue weighted by Crippen LogP contribution is -2.48. The summed E-state index contributed by atoms with van der Waals surface area (Å²) in [6.07, 6.45) is -2.59. The number of benzene rings is 1. The van der Waals surface area contributed by atoms with Crippen LogP contribution in [-0.2, 0) is 17.5 Å². The zero-order chi connectivity index (χ0) is 15.5. The number of nitrogens with two attached hydrogens (primary N) is 1. The molecule has 126 valence electrons. The molecule has 7 heteroatoms. The Kier molecular flexibility index (Phi) is 7.12. The van der Waals surface area contributed by atoms with Crippen LogP contribution in [0, 0.1) is 0 Å². The number of ether oxygens (including phenoxy) is 1. The highest BCUT2D eigenvalue weighted by Crippen LogP contribution is 2.33. The molecule has 0 amide bonds. The zero-order valence-electron chi connectivity index (χ0n) is 12.5. The van der Waals surface area contributed by atoms with Crippen molar-refractivity contribution in [1.29, 1.82) is 0 Å². The number of methoxy groups -OCH3 is 1. The number of piperidine rings is 1. The average Bonchev–Trinajstić information content (AvgIpc) is 2.47. The molecule has 1 aromatic rings. The quantitative estimate of drug-likeness (QED) is 0.917. The van der Waals surface area contributed by atoms with Gasteiger partial charge >= 0.3 is 6.18 Å². The van der Waals surface area contributed by atoms with Crippen molar-refractivity contribution in [3.05, 3.63) is 35.4 Å². The second kappa shape index (κ2) is 8.15. The highest BCUT2D eigenvalue weighted by Gasteiger charge is 2.34. The predicted octanol–water partition coefficient (Wildman–Crippen LogP) is 3.07. The van der Waals surface area contributed by atoms with Gasteiger partial charge in [-0.15, -0.1) is 12.4 Å². The van der Waals surface area contributed by atoms with Crippen molar-refractivity contribution in [3.63, 3.8) is 0 Å². The van der Waals surface area contributed by atoms with Crippen LogP contribution in [0.15, 0.2) is 24.3 Å². The van der Waals surface area contributed by atoms with E-state index in [2.05, 4.69) is 0 Å². The fraction of sp³-hybridized carbons (Fsp3) is 0.600. The van der Waals surface area contributed by atoms with Crippen LogP contribution in [0.1, 0.15) is 24.0 Å². The van der Waals surface area contributed by atoms with E-state index in [9.17, 15) is 13.2 Å². The Hall–Kier alpha value is -0.820. The molecule has 1 saturated heterocycles. The van der Waals surface area contributed by atoms with E-state index in [1.165, 1.54) is 6.07 Å². The molecule has 1 aromatic carbocycles. The van der Waals surface area contributed by atoms with Crippen molar-refractivity contribution >= 4 is 12.4 Å². The third-order valence-corrected chi connectivity index (χ3v) is 4.09. The maximum absolute atomic E-state index is 13.0. The maximum Gasteiger partial charge on any atom is 0.416 e. The lowest BCUT2D eigenvalue weighted by atomic mass is 9.97. The van der Waals surface area contributed by atoms with Crippen LogP contribution in [0.25, 0.3) is 0 Å². The molecule has 1 fully saturated rings. The fourth-order valence-corrected chi connectivity index (χ4v) is 2.88. The predicted molar refractivity (Wildman–Crippen MR) is 82.0 cm³/mol. The normalized spacial score (nSPS) is 23.1. The van der Waals surface area contributed by atoms with Crippen LogP contribution < -0.4 is 5.73 Å². The summed E-state index contributed by atoms with van der Waals surface area (Å²) < 4.78 is 44.4. The van der Waals surface area contributed by atoms with E-state index >= 15 is 0 Å². The van der Waals surface area contributed by atoms with Crippen LogP contribution >= 0.6 is 12.4 Å². The molecular formula is C15H22ClF3N2O. The molecule has 2 atom stereocenters. The van der Waals surface area contributed by atoms with Crippen molar-refractivity contribution in [3.8, 4) is 0 Å². The third-order valence-electron chi connectivity index (χ3n) is 4.09. The second-order valence-corrected chi connectivity index (χ2v) is 5.40. The van der Waals surface area contributed by atoms with Gasteiger partial charge in [-0.3, -0.25) is 4.90 Å². The lowest BCUT2D eigenvalue weighted by Gasteiger charge is -2.38. The van der Waals surface area contributed by atoms with Gasteiger partial charge in [0, 0.05) is 32.8 Å². The molecule has 0 spiro atoms. The summed E-state index contributed by atoms with van der Waals surface area (Å²) in [6.45, 7) is 1.40. The standard InChI is InChI=1S/C15H21F3N2O.ClH/c1-21-13-6-7-20(12(8-13)9-19)10-11-4-2-3-5-14(11)15(16,17)18;/h2-5,12-13H,6-10,19H2,1H3;1H. The van der Waals surface area contributed by atoms with Crippen LogP contribution in [0.4, 0.5) is 13.2 Å². The third kappa shape index (κ3) is 4.59. The zero-order valence-corrected chi connectivity index (χ0v) is 13.3. The van der Waals surface area contributed by atoms with Gasteiger partial charge in [0.05, 0.1) is 11.7 Å². The van der Waals surface area contributed by atoms with Crippen molar-refractivity contribution in [1.82, 2.24) is 4.90 Å². The highest BCUT2D eigenvalue weighted by molar-refractivity contribution is 5.85. The molecule has 0 saturated carbocycles. The van der Waals surface area contributed by atoms with E-state index in [0.29, 0.717) is 18.7 Å². The summed E-state index contributed by atoms with van der Waals surface area (Å²) in [7, 11) is 1.66. The van der Waals surface area contributed by atoms with Gasteiger partial charge in [0.15, 0.2) is 0 Å². The van der Waals surface area contributed by atoms with E-state index in [4.69, 9.17) is 10.5 Å². The molecule has 1 aliphatic heterocycles. The molecule has 22 heavy (non-hydrogen) atoms. The van der Waals surface area contributed by atoms with Gasteiger partial charge < -0.3 is 10.5 Å². The van der Waals surface area contributed by atoms with Gasteiger partial charge in [-0.05, 0) is 24.5 Å². The number of alkyl halides is 3. The van der Waals surface area contributed by atoms with Gasteiger partial charge in [-0.2, -0.15) is 13.2 Å². The first-order valence-electron chi connectivity index (χ1n) is 7.07. The molecule has 2 unspecified atom stereocenters. The van der Waals surface area contributed by atoms with Crippen LogP contribution in [0.5, 0.6) is 0 Å². The Morgan fingerprint density at radius 2 is 2.00 bits per heavy atom. The number of hydrogen-bond acceptors (Lipinski definition) is 3. The highest BCUT2D eigenvalue weighted by atomic mass is 35.5. The summed E-state index contributed by atoms with van der Waals surface area (Å²) in [5.74, 6) is 0. The van der Waals surface area contributed by atoms with Gasteiger partial charge in [0.25, 0.3) is 0 Å². The number of nitrogens with zero attached hydrogens (tertiary/aromatic N) is 1. The minimum absolute atomic E-state index is 0. The van der Waals surface area contributed by atoms with Crippen molar-refractivity contribution < 1.29 is 17.9 Å². The van der Waals surface area contributed by atoms with E-state index in [-0.39, 0.29) is 31.1 Å². The molecule has 1 heterocycles. The molecule has 0 radical (unpaired) electrons. The van der Waals surface area contributed by atoms with Crippen LogP contribution in [0.3, 0.4) is 0 Å². The smallest absolute Gasteiger partial charge is 0.381 e. The lowest BCUT2D eigenvalue weighted by molar-refractivity contribution is -0.138. The monoisotopic (exact) mass is 338 g/mol.